The average Bonchev–Trinajstić information content (AvgIpc) is 2.69. The second-order valence-electron chi connectivity index (χ2n) is 7.71. The van der Waals surface area contributed by atoms with E-state index in [0.29, 0.717) is 18.2 Å². The Morgan fingerprint density at radius 2 is 1.68 bits per heavy atom. The Hall–Kier alpha value is -3.21. The molecule has 0 spiro atoms. The van der Waals surface area contributed by atoms with E-state index in [4.69, 9.17) is 0 Å². The molecule has 0 atom stereocenters. The molecule has 0 saturated heterocycles. The number of benzene rings is 2. The molecule has 144 valence electrons. The number of carbonyl (C=O) groups excluding carboxylic acids is 1. The minimum atomic E-state index is -0.253. The summed E-state index contributed by atoms with van der Waals surface area (Å²) in [6, 6.07) is 19.7. The minimum absolute atomic E-state index is 0.0789. The lowest BCUT2D eigenvalue weighted by atomic mass is 9.87. The molecule has 28 heavy (non-hydrogen) atoms. The highest BCUT2D eigenvalue weighted by Gasteiger charge is 2.14. The number of hydrogen-bond donors (Lipinski definition) is 2. The van der Waals surface area contributed by atoms with Gasteiger partial charge >= 0.3 is 0 Å². The lowest BCUT2D eigenvalue weighted by molar-refractivity contribution is 0.102. The first-order valence-electron chi connectivity index (χ1n) is 9.44. The maximum Gasteiger partial charge on any atom is 0.274 e. The molecule has 0 fully saturated rings. The molecule has 1 heterocycles. The Bertz CT molecular complexity index is 915. The van der Waals surface area contributed by atoms with Crippen LogP contribution in [0, 0.1) is 0 Å². The van der Waals surface area contributed by atoms with E-state index in [1.54, 1.807) is 12.3 Å². The lowest BCUT2D eigenvalue weighted by Gasteiger charge is -2.19. The fourth-order valence-electron chi connectivity index (χ4n) is 2.78. The molecule has 0 aliphatic rings. The lowest BCUT2D eigenvalue weighted by Crippen LogP contribution is -2.16. The standard InChI is InChI=1S/C23H26N4O/c1-23(2,3)18-9-11-19(12-10-18)26-21(28)20-14-16-25-22(27-20)24-15-13-17-7-5-4-6-8-17/h4-12,14,16H,13,15H2,1-3H3,(H,26,28)(H,24,25,27). The number of amides is 1. The molecule has 5 heteroatoms. The molecule has 0 aliphatic carbocycles. The monoisotopic (exact) mass is 374 g/mol. The smallest absolute Gasteiger partial charge is 0.274 e. The summed E-state index contributed by atoms with van der Waals surface area (Å²) in [4.78, 5) is 21.0. The molecule has 5 nitrogen and oxygen atoms in total. The molecule has 2 aromatic carbocycles. The van der Waals surface area contributed by atoms with Crippen LogP contribution in [0.25, 0.3) is 0 Å². The molecule has 2 N–H and O–H groups in total. The van der Waals surface area contributed by atoms with Gasteiger partial charge in [0.2, 0.25) is 5.95 Å². The largest absolute Gasteiger partial charge is 0.354 e. The first-order valence-corrected chi connectivity index (χ1v) is 9.44. The average molecular weight is 374 g/mol. The Balaban J connectivity index is 1.59. The van der Waals surface area contributed by atoms with Crippen LogP contribution in [-0.2, 0) is 11.8 Å². The first-order chi connectivity index (χ1) is 13.4. The zero-order valence-corrected chi connectivity index (χ0v) is 16.6. The van der Waals surface area contributed by atoms with E-state index in [-0.39, 0.29) is 11.3 Å². The van der Waals surface area contributed by atoms with Crippen LogP contribution in [0.5, 0.6) is 0 Å². The minimum Gasteiger partial charge on any atom is -0.354 e. The maximum atomic E-state index is 12.5. The molecule has 0 saturated carbocycles. The molecule has 0 bridgehead atoms. The van der Waals surface area contributed by atoms with Crippen molar-refractivity contribution in [1.29, 1.82) is 0 Å². The van der Waals surface area contributed by atoms with Gasteiger partial charge in [-0.25, -0.2) is 9.97 Å². The van der Waals surface area contributed by atoms with Gasteiger partial charge in [-0.05, 0) is 41.2 Å². The fourth-order valence-corrected chi connectivity index (χ4v) is 2.78. The summed E-state index contributed by atoms with van der Waals surface area (Å²) in [6.45, 7) is 7.18. The highest BCUT2D eigenvalue weighted by atomic mass is 16.1. The number of aromatic nitrogens is 2. The van der Waals surface area contributed by atoms with Gasteiger partial charge < -0.3 is 10.6 Å². The topological polar surface area (TPSA) is 66.9 Å². The molecule has 1 aromatic heterocycles. The van der Waals surface area contributed by atoms with Gasteiger partial charge in [-0.1, -0.05) is 63.2 Å². The Labute approximate surface area is 166 Å². The SMILES string of the molecule is CC(C)(C)c1ccc(NC(=O)c2ccnc(NCCc3ccccc3)n2)cc1. The van der Waals surface area contributed by atoms with E-state index in [1.807, 2.05) is 42.5 Å². The second-order valence-corrected chi connectivity index (χ2v) is 7.71. The summed E-state index contributed by atoms with van der Waals surface area (Å²) >= 11 is 0. The third kappa shape index (κ3) is 5.39. The Morgan fingerprint density at radius 3 is 2.36 bits per heavy atom. The molecule has 0 unspecified atom stereocenters. The number of nitrogens with zero attached hydrogens (tertiary/aromatic N) is 2. The van der Waals surface area contributed by atoms with E-state index in [1.165, 1.54) is 11.1 Å². The van der Waals surface area contributed by atoms with Gasteiger partial charge in [0.25, 0.3) is 5.91 Å². The Morgan fingerprint density at radius 1 is 0.964 bits per heavy atom. The Kier molecular flexibility index (Phi) is 6.04. The van der Waals surface area contributed by atoms with Crippen molar-refractivity contribution < 1.29 is 4.79 Å². The van der Waals surface area contributed by atoms with Crippen LogP contribution in [0.2, 0.25) is 0 Å². The second kappa shape index (κ2) is 8.65. The zero-order valence-electron chi connectivity index (χ0n) is 16.6. The molecular weight excluding hydrogens is 348 g/mol. The van der Waals surface area contributed by atoms with Gasteiger partial charge in [0.05, 0.1) is 0 Å². The molecular formula is C23H26N4O. The predicted molar refractivity (Wildman–Crippen MR) is 114 cm³/mol. The van der Waals surface area contributed by atoms with Crippen molar-refractivity contribution >= 4 is 17.5 Å². The van der Waals surface area contributed by atoms with Gasteiger partial charge in [0, 0.05) is 18.4 Å². The maximum absolute atomic E-state index is 12.5. The fraction of sp³-hybridized carbons (Fsp3) is 0.261. The van der Waals surface area contributed by atoms with Crippen LogP contribution in [0.15, 0.2) is 66.9 Å². The van der Waals surface area contributed by atoms with E-state index < -0.39 is 0 Å². The summed E-state index contributed by atoms with van der Waals surface area (Å²) in [7, 11) is 0. The quantitative estimate of drug-likeness (QED) is 0.657. The van der Waals surface area contributed by atoms with Gasteiger partial charge in [-0.15, -0.1) is 0 Å². The highest BCUT2D eigenvalue weighted by Crippen LogP contribution is 2.23. The van der Waals surface area contributed by atoms with Crippen molar-refractivity contribution in [3.63, 3.8) is 0 Å². The van der Waals surface area contributed by atoms with Gasteiger partial charge in [0.1, 0.15) is 5.69 Å². The van der Waals surface area contributed by atoms with E-state index >= 15 is 0 Å². The van der Waals surface area contributed by atoms with Crippen molar-refractivity contribution in [3.05, 3.63) is 83.7 Å². The third-order valence-electron chi connectivity index (χ3n) is 4.44. The van der Waals surface area contributed by atoms with Crippen molar-refractivity contribution in [2.24, 2.45) is 0 Å². The zero-order chi connectivity index (χ0) is 20.0. The molecule has 0 aliphatic heterocycles. The molecule has 0 radical (unpaired) electrons. The number of nitrogens with one attached hydrogen (secondary N) is 2. The van der Waals surface area contributed by atoms with Crippen LogP contribution in [0.1, 0.15) is 42.4 Å². The van der Waals surface area contributed by atoms with Gasteiger partial charge in [0.15, 0.2) is 0 Å². The van der Waals surface area contributed by atoms with Crippen LogP contribution in [0.3, 0.4) is 0 Å². The summed E-state index contributed by atoms with van der Waals surface area (Å²) in [6.07, 6.45) is 2.45. The van der Waals surface area contributed by atoms with E-state index in [9.17, 15) is 4.79 Å². The molecule has 3 aromatic rings. The van der Waals surface area contributed by atoms with E-state index in [0.717, 1.165) is 12.1 Å². The van der Waals surface area contributed by atoms with Gasteiger partial charge in [-0.2, -0.15) is 0 Å². The van der Waals surface area contributed by atoms with Crippen molar-refractivity contribution in [3.8, 4) is 0 Å². The van der Waals surface area contributed by atoms with Crippen molar-refractivity contribution in [1.82, 2.24) is 9.97 Å². The van der Waals surface area contributed by atoms with Crippen molar-refractivity contribution in [2.45, 2.75) is 32.6 Å². The van der Waals surface area contributed by atoms with E-state index in [2.05, 4.69) is 53.5 Å². The number of hydrogen-bond acceptors (Lipinski definition) is 4. The third-order valence-corrected chi connectivity index (χ3v) is 4.44. The van der Waals surface area contributed by atoms with Crippen LogP contribution >= 0.6 is 0 Å². The molecule has 1 amide bonds. The number of anilines is 2. The van der Waals surface area contributed by atoms with Crippen LogP contribution in [-0.4, -0.2) is 22.4 Å². The summed E-state index contributed by atoms with van der Waals surface area (Å²) in [5.41, 5.74) is 3.61. The first kappa shape index (κ1) is 19.5. The number of rotatable bonds is 6. The summed E-state index contributed by atoms with van der Waals surface area (Å²) in [5, 5.41) is 6.06. The normalized spacial score (nSPS) is 11.1. The highest BCUT2D eigenvalue weighted by molar-refractivity contribution is 6.02. The predicted octanol–water partition coefficient (Wildman–Crippen LogP) is 4.68. The summed E-state index contributed by atoms with van der Waals surface area (Å²) in [5.74, 6) is 0.198. The van der Waals surface area contributed by atoms with Crippen LogP contribution < -0.4 is 10.6 Å². The van der Waals surface area contributed by atoms with Gasteiger partial charge in [-0.3, -0.25) is 4.79 Å². The van der Waals surface area contributed by atoms with Crippen LogP contribution in [0.4, 0.5) is 11.6 Å². The van der Waals surface area contributed by atoms with Crippen molar-refractivity contribution in [2.75, 3.05) is 17.2 Å². The number of carbonyl (C=O) groups is 1. The molecule has 3 rings (SSSR count). The summed E-state index contributed by atoms with van der Waals surface area (Å²) < 4.78 is 0.